The second-order valence-electron chi connectivity index (χ2n) is 8.61. The van der Waals surface area contributed by atoms with Gasteiger partial charge in [-0.2, -0.15) is 5.10 Å². The Balaban J connectivity index is 1.49. The molecule has 1 saturated carbocycles. The summed E-state index contributed by atoms with van der Waals surface area (Å²) in [6.07, 6.45) is 7.81. The standard InChI is InChI=1S/C25H31FN4O2/c1-3-28(15-19-14-27-29(4-2)16-19)24(31)13-22-21-7-5-6-8-23(21)30(25(22)32)17-18-9-11-20(26)12-10-18/h9-12,14,16,23H,3-8,13,15,17H2,1-2H3. The smallest absolute Gasteiger partial charge is 0.251 e. The van der Waals surface area contributed by atoms with Gasteiger partial charge in [-0.1, -0.05) is 18.6 Å². The molecule has 6 nitrogen and oxygen atoms in total. The number of aromatic nitrogens is 2. The van der Waals surface area contributed by atoms with Crippen molar-refractivity contribution in [3.63, 3.8) is 0 Å². The molecule has 1 atom stereocenters. The Morgan fingerprint density at radius 1 is 1.19 bits per heavy atom. The summed E-state index contributed by atoms with van der Waals surface area (Å²) in [5, 5.41) is 4.29. The molecule has 1 aromatic heterocycles. The van der Waals surface area contributed by atoms with Gasteiger partial charge in [0.2, 0.25) is 5.91 Å². The molecule has 4 rings (SSSR count). The van der Waals surface area contributed by atoms with Gasteiger partial charge >= 0.3 is 0 Å². The van der Waals surface area contributed by atoms with E-state index in [2.05, 4.69) is 5.10 Å². The minimum absolute atomic E-state index is 0.0273. The van der Waals surface area contributed by atoms with Gasteiger partial charge in [-0.15, -0.1) is 0 Å². The lowest BCUT2D eigenvalue weighted by atomic mass is 9.88. The van der Waals surface area contributed by atoms with Crippen LogP contribution in [0.25, 0.3) is 0 Å². The first-order chi connectivity index (χ1) is 15.5. The maximum atomic E-state index is 13.4. The fourth-order valence-corrected chi connectivity index (χ4v) is 4.82. The van der Waals surface area contributed by atoms with E-state index in [-0.39, 0.29) is 30.1 Å². The highest BCUT2D eigenvalue weighted by atomic mass is 19.1. The van der Waals surface area contributed by atoms with E-state index in [1.807, 2.05) is 29.6 Å². The van der Waals surface area contributed by atoms with Gasteiger partial charge in [0, 0.05) is 43.5 Å². The molecule has 32 heavy (non-hydrogen) atoms. The average molecular weight is 439 g/mol. The molecule has 2 aromatic rings. The van der Waals surface area contributed by atoms with E-state index >= 15 is 0 Å². The van der Waals surface area contributed by atoms with Crippen molar-refractivity contribution in [2.45, 2.75) is 71.6 Å². The number of amides is 2. The Hall–Kier alpha value is -2.96. The molecule has 2 aliphatic rings. The predicted octanol–water partition coefficient (Wildman–Crippen LogP) is 4.06. The van der Waals surface area contributed by atoms with Gasteiger partial charge in [0.25, 0.3) is 5.91 Å². The van der Waals surface area contributed by atoms with Crippen LogP contribution >= 0.6 is 0 Å². The van der Waals surface area contributed by atoms with Crippen molar-refractivity contribution in [2.75, 3.05) is 6.54 Å². The minimum Gasteiger partial charge on any atom is -0.338 e. The molecule has 1 aromatic carbocycles. The summed E-state index contributed by atoms with van der Waals surface area (Å²) in [7, 11) is 0. The number of rotatable bonds is 8. The molecule has 1 aliphatic carbocycles. The molecule has 1 fully saturated rings. The second-order valence-corrected chi connectivity index (χ2v) is 8.61. The number of nitrogens with zero attached hydrogens (tertiary/aromatic N) is 4. The van der Waals surface area contributed by atoms with E-state index in [0.717, 1.165) is 48.9 Å². The normalized spacial score (nSPS) is 18.3. The summed E-state index contributed by atoms with van der Waals surface area (Å²) >= 11 is 0. The minimum atomic E-state index is -0.284. The summed E-state index contributed by atoms with van der Waals surface area (Å²) in [4.78, 5) is 30.3. The van der Waals surface area contributed by atoms with Gasteiger partial charge < -0.3 is 9.80 Å². The molecule has 170 valence electrons. The number of carbonyl (C=O) groups excluding carboxylic acids is 2. The van der Waals surface area contributed by atoms with Crippen molar-refractivity contribution in [1.82, 2.24) is 19.6 Å². The summed E-state index contributed by atoms with van der Waals surface area (Å²) < 4.78 is 15.1. The molecule has 1 aliphatic heterocycles. The monoisotopic (exact) mass is 438 g/mol. The van der Waals surface area contributed by atoms with Crippen molar-refractivity contribution >= 4 is 11.8 Å². The number of aryl methyl sites for hydroxylation is 1. The lowest BCUT2D eigenvalue weighted by Crippen LogP contribution is -2.36. The zero-order chi connectivity index (χ0) is 22.7. The van der Waals surface area contributed by atoms with Crippen molar-refractivity contribution in [1.29, 1.82) is 0 Å². The highest BCUT2D eigenvalue weighted by Gasteiger charge is 2.40. The molecular formula is C25H31FN4O2. The van der Waals surface area contributed by atoms with Crippen LogP contribution in [0.2, 0.25) is 0 Å². The Morgan fingerprint density at radius 3 is 2.66 bits per heavy atom. The maximum Gasteiger partial charge on any atom is 0.251 e. The molecular weight excluding hydrogens is 407 g/mol. The van der Waals surface area contributed by atoms with E-state index in [9.17, 15) is 14.0 Å². The van der Waals surface area contributed by atoms with Crippen LogP contribution in [0.15, 0.2) is 47.8 Å². The SMILES string of the molecule is CCN(Cc1cnn(CC)c1)C(=O)CC1=C2CCCCC2N(Cc2ccc(F)cc2)C1=O. The maximum absolute atomic E-state index is 13.4. The van der Waals surface area contributed by atoms with Crippen LogP contribution in [0.4, 0.5) is 4.39 Å². The number of hydrogen-bond donors (Lipinski definition) is 0. The predicted molar refractivity (Wildman–Crippen MR) is 120 cm³/mol. The molecule has 0 N–H and O–H groups in total. The molecule has 0 bridgehead atoms. The molecule has 2 amide bonds. The zero-order valence-electron chi connectivity index (χ0n) is 18.9. The summed E-state index contributed by atoms with van der Waals surface area (Å²) in [6, 6.07) is 6.36. The van der Waals surface area contributed by atoms with Gasteiger partial charge in [-0.3, -0.25) is 14.3 Å². The highest BCUT2D eigenvalue weighted by molar-refractivity contribution is 6.02. The highest BCUT2D eigenvalue weighted by Crippen LogP contribution is 2.39. The number of benzene rings is 1. The van der Waals surface area contributed by atoms with Gasteiger partial charge in [0.15, 0.2) is 0 Å². The van der Waals surface area contributed by atoms with Crippen LogP contribution in [-0.4, -0.2) is 44.0 Å². The second kappa shape index (κ2) is 9.67. The Kier molecular flexibility index (Phi) is 6.72. The first-order valence-electron chi connectivity index (χ1n) is 11.6. The summed E-state index contributed by atoms with van der Waals surface area (Å²) in [6.45, 7) is 6.29. The fourth-order valence-electron chi connectivity index (χ4n) is 4.82. The largest absolute Gasteiger partial charge is 0.338 e. The van der Waals surface area contributed by atoms with Crippen LogP contribution in [-0.2, 0) is 29.2 Å². The van der Waals surface area contributed by atoms with Crippen LogP contribution in [0.5, 0.6) is 0 Å². The van der Waals surface area contributed by atoms with Crippen molar-refractivity contribution in [2.24, 2.45) is 0 Å². The van der Waals surface area contributed by atoms with Gasteiger partial charge in [0.1, 0.15) is 5.82 Å². The third kappa shape index (κ3) is 4.61. The van der Waals surface area contributed by atoms with E-state index < -0.39 is 0 Å². The first kappa shape index (κ1) is 22.2. The molecule has 0 saturated heterocycles. The molecule has 2 heterocycles. The number of hydrogen-bond acceptors (Lipinski definition) is 3. The van der Waals surface area contributed by atoms with Gasteiger partial charge in [0.05, 0.1) is 18.7 Å². The van der Waals surface area contributed by atoms with Crippen molar-refractivity contribution in [3.05, 3.63) is 64.7 Å². The third-order valence-electron chi connectivity index (χ3n) is 6.57. The number of carbonyl (C=O) groups is 2. The fraction of sp³-hybridized carbons (Fsp3) is 0.480. The summed E-state index contributed by atoms with van der Waals surface area (Å²) in [5.74, 6) is -0.353. The van der Waals surface area contributed by atoms with Crippen LogP contribution in [0.3, 0.4) is 0 Å². The lowest BCUT2D eigenvalue weighted by Gasteiger charge is -2.30. The van der Waals surface area contributed by atoms with Gasteiger partial charge in [-0.05, 0) is 56.4 Å². The zero-order valence-corrected chi connectivity index (χ0v) is 18.9. The summed E-state index contributed by atoms with van der Waals surface area (Å²) in [5.41, 5.74) is 3.70. The van der Waals surface area contributed by atoms with E-state index in [4.69, 9.17) is 0 Å². The Labute approximate surface area is 188 Å². The first-order valence-corrected chi connectivity index (χ1v) is 11.6. The van der Waals surface area contributed by atoms with Crippen LogP contribution < -0.4 is 0 Å². The van der Waals surface area contributed by atoms with E-state index in [1.54, 1.807) is 23.2 Å². The van der Waals surface area contributed by atoms with Crippen LogP contribution in [0, 0.1) is 5.82 Å². The number of halogens is 1. The van der Waals surface area contributed by atoms with Gasteiger partial charge in [-0.25, -0.2) is 4.39 Å². The van der Waals surface area contributed by atoms with E-state index in [0.29, 0.717) is 25.2 Å². The average Bonchev–Trinajstić information content (AvgIpc) is 3.37. The Morgan fingerprint density at radius 2 is 1.97 bits per heavy atom. The lowest BCUT2D eigenvalue weighted by molar-refractivity contribution is -0.133. The van der Waals surface area contributed by atoms with Crippen molar-refractivity contribution < 1.29 is 14.0 Å². The molecule has 1 unspecified atom stereocenters. The van der Waals surface area contributed by atoms with E-state index in [1.165, 1.54) is 12.1 Å². The topological polar surface area (TPSA) is 58.4 Å². The molecule has 0 radical (unpaired) electrons. The quantitative estimate of drug-likeness (QED) is 0.625. The van der Waals surface area contributed by atoms with Crippen molar-refractivity contribution in [3.8, 4) is 0 Å². The number of fused-ring (bicyclic) bond motifs is 1. The molecule has 7 heteroatoms. The third-order valence-corrected chi connectivity index (χ3v) is 6.57. The molecule has 0 spiro atoms. The van der Waals surface area contributed by atoms with Crippen LogP contribution in [0.1, 0.15) is 57.1 Å². The Bertz CT molecular complexity index is 1010.